The average molecular weight is 189 g/mol. The highest BCUT2D eigenvalue weighted by Gasteiger charge is 2.11. The van der Waals surface area contributed by atoms with Gasteiger partial charge >= 0.3 is 7.12 Å². The Morgan fingerprint density at radius 3 is 2.14 bits per heavy atom. The van der Waals surface area contributed by atoms with Crippen molar-refractivity contribution in [2.45, 2.75) is 0 Å². The summed E-state index contributed by atoms with van der Waals surface area (Å²) in [5.74, 6) is 0.499. The highest BCUT2D eigenvalue weighted by molar-refractivity contribution is 6.58. The van der Waals surface area contributed by atoms with E-state index >= 15 is 0 Å². The molecule has 0 atom stereocenters. The largest absolute Gasteiger partial charge is 0.491 e. The van der Waals surface area contributed by atoms with E-state index in [0.717, 1.165) is 0 Å². The van der Waals surface area contributed by atoms with Gasteiger partial charge in [-0.25, -0.2) is 9.97 Å². The molecule has 0 aliphatic heterocycles. The summed E-state index contributed by atoms with van der Waals surface area (Å²) in [5, 5.41) is 17.6. The molecule has 6 heteroatoms. The molecule has 0 amide bonds. The third kappa shape index (κ3) is 1.66. The molecule has 5 nitrogen and oxygen atoms in total. The van der Waals surface area contributed by atoms with E-state index in [-0.39, 0.29) is 5.46 Å². The van der Waals surface area contributed by atoms with Crippen molar-refractivity contribution in [2.24, 2.45) is 0 Å². The molecule has 0 aliphatic carbocycles. The first-order valence-corrected chi connectivity index (χ1v) is 4.09. The third-order valence-corrected chi connectivity index (χ3v) is 1.79. The Hall–Kier alpha value is -1.66. The molecular weight excluding hydrogens is 181 g/mol. The van der Waals surface area contributed by atoms with Crippen LogP contribution in [-0.4, -0.2) is 31.7 Å². The Kier molecular flexibility index (Phi) is 2.30. The van der Waals surface area contributed by atoms with Crippen molar-refractivity contribution in [3.63, 3.8) is 0 Å². The van der Waals surface area contributed by atoms with Crippen LogP contribution >= 0.6 is 0 Å². The summed E-state index contributed by atoms with van der Waals surface area (Å²) in [4.78, 5) is 7.95. The van der Waals surface area contributed by atoms with Gasteiger partial charge in [-0.2, -0.15) is 0 Å². The van der Waals surface area contributed by atoms with Crippen LogP contribution in [0.3, 0.4) is 0 Å². The van der Waals surface area contributed by atoms with E-state index in [2.05, 4.69) is 9.97 Å². The minimum atomic E-state index is -1.52. The van der Waals surface area contributed by atoms with Gasteiger partial charge in [-0.3, -0.25) is 4.57 Å². The highest BCUT2D eigenvalue weighted by atomic mass is 16.4. The molecule has 2 aromatic heterocycles. The van der Waals surface area contributed by atoms with Crippen LogP contribution in [0.1, 0.15) is 0 Å². The SMILES string of the molecule is OB(O)c1cnc(-n2cccc2)nc1. The highest BCUT2D eigenvalue weighted by Crippen LogP contribution is 1.97. The van der Waals surface area contributed by atoms with Gasteiger partial charge in [0, 0.05) is 30.3 Å². The van der Waals surface area contributed by atoms with E-state index in [9.17, 15) is 0 Å². The van der Waals surface area contributed by atoms with Gasteiger partial charge in [0.1, 0.15) is 0 Å². The average Bonchev–Trinajstić information content (AvgIpc) is 2.71. The normalized spacial score (nSPS) is 10.1. The topological polar surface area (TPSA) is 71.2 Å². The first kappa shape index (κ1) is 8.92. The Morgan fingerprint density at radius 2 is 1.64 bits per heavy atom. The second-order valence-corrected chi connectivity index (χ2v) is 2.78. The quantitative estimate of drug-likeness (QED) is 0.591. The Bertz CT molecular complexity index is 399. The molecule has 0 aliphatic rings. The lowest BCUT2D eigenvalue weighted by Gasteiger charge is -2.01. The second kappa shape index (κ2) is 3.61. The Balaban J connectivity index is 2.31. The molecule has 0 unspecified atom stereocenters. The number of hydrogen-bond acceptors (Lipinski definition) is 4. The monoisotopic (exact) mass is 189 g/mol. The zero-order valence-electron chi connectivity index (χ0n) is 7.28. The molecule has 0 spiro atoms. The van der Waals surface area contributed by atoms with Gasteiger partial charge < -0.3 is 10.0 Å². The standard InChI is InChI=1S/C8H8BN3O2/c13-9(14)7-5-10-8(11-6-7)12-3-1-2-4-12/h1-6,13-14H. The first-order chi connectivity index (χ1) is 6.77. The molecule has 0 saturated carbocycles. The van der Waals surface area contributed by atoms with Crippen molar-refractivity contribution in [2.75, 3.05) is 0 Å². The summed E-state index contributed by atoms with van der Waals surface area (Å²) in [6.45, 7) is 0. The van der Waals surface area contributed by atoms with Crippen LogP contribution in [0.25, 0.3) is 5.95 Å². The summed E-state index contributed by atoms with van der Waals surface area (Å²) >= 11 is 0. The Labute approximate surface area is 80.8 Å². The zero-order valence-corrected chi connectivity index (χ0v) is 7.28. The van der Waals surface area contributed by atoms with Gasteiger partial charge in [-0.15, -0.1) is 0 Å². The lowest BCUT2D eigenvalue weighted by molar-refractivity contribution is 0.425. The molecule has 0 saturated heterocycles. The van der Waals surface area contributed by atoms with Gasteiger partial charge in [0.2, 0.25) is 5.95 Å². The van der Waals surface area contributed by atoms with E-state index in [0.29, 0.717) is 5.95 Å². The predicted molar refractivity (Wildman–Crippen MR) is 51.2 cm³/mol. The van der Waals surface area contributed by atoms with Crippen LogP contribution in [0.5, 0.6) is 0 Å². The van der Waals surface area contributed by atoms with Gasteiger partial charge in [0.15, 0.2) is 0 Å². The van der Waals surface area contributed by atoms with Gasteiger partial charge in [0.25, 0.3) is 0 Å². The van der Waals surface area contributed by atoms with Crippen molar-refractivity contribution < 1.29 is 10.0 Å². The minimum absolute atomic E-state index is 0.279. The maximum atomic E-state index is 8.81. The van der Waals surface area contributed by atoms with E-state index < -0.39 is 7.12 Å². The van der Waals surface area contributed by atoms with Crippen LogP contribution in [0.4, 0.5) is 0 Å². The van der Waals surface area contributed by atoms with Gasteiger partial charge in [0.05, 0.1) is 0 Å². The van der Waals surface area contributed by atoms with Crippen LogP contribution in [-0.2, 0) is 0 Å². The summed E-state index contributed by atoms with van der Waals surface area (Å²) in [6, 6.07) is 3.72. The van der Waals surface area contributed by atoms with Crippen molar-refractivity contribution in [3.05, 3.63) is 36.9 Å². The van der Waals surface area contributed by atoms with E-state index in [1.54, 1.807) is 4.57 Å². The van der Waals surface area contributed by atoms with Crippen LogP contribution < -0.4 is 5.46 Å². The minimum Gasteiger partial charge on any atom is -0.423 e. The van der Waals surface area contributed by atoms with E-state index in [1.807, 2.05) is 24.5 Å². The molecular formula is C8H8BN3O2. The lowest BCUT2D eigenvalue weighted by atomic mass is 9.83. The first-order valence-electron chi connectivity index (χ1n) is 4.09. The zero-order chi connectivity index (χ0) is 9.97. The molecule has 2 rings (SSSR count). The summed E-state index contributed by atoms with van der Waals surface area (Å²) < 4.78 is 1.73. The van der Waals surface area contributed by atoms with E-state index in [1.165, 1.54) is 12.4 Å². The summed E-state index contributed by atoms with van der Waals surface area (Å²) in [6.07, 6.45) is 6.38. The fraction of sp³-hybridized carbons (Fsp3) is 0. The van der Waals surface area contributed by atoms with Crippen LogP contribution in [0, 0.1) is 0 Å². The van der Waals surface area contributed by atoms with Crippen molar-refractivity contribution in [3.8, 4) is 5.95 Å². The van der Waals surface area contributed by atoms with Crippen molar-refractivity contribution in [1.29, 1.82) is 0 Å². The molecule has 0 aromatic carbocycles. The maximum Gasteiger partial charge on any atom is 0.491 e. The van der Waals surface area contributed by atoms with Crippen molar-refractivity contribution >= 4 is 12.6 Å². The fourth-order valence-electron chi connectivity index (χ4n) is 1.07. The van der Waals surface area contributed by atoms with Crippen LogP contribution in [0.15, 0.2) is 36.9 Å². The molecule has 0 bridgehead atoms. The van der Waals surface area contributed by atoms with Gasteiger partial charge in [-0.05, 0) is 12.1 Å². The summed E-state index contributed by atoms with van der Waals surface area (Å²) in [7, 11) is -1.52. The maximum absolute atomic E-state index is 8.81. The predicted octanol–water partition coefficient (Wildman–Crippen LogP) is -1.05. The molecule has 2 N–H and O–H groups in total. The molecule has 14 heavy (non-hydrogen) atoms. The van der Waals surface area contributed by atoms with Gasteiger partial charge in [-0.1, -0.05) is 0 Å². The van der Waals surface area contributed by atoms with Crippen molar-refractivity contribution in [1.82, 2.24) is 14.5 Å². The third-order valence-electron chi connectivity index (χ3n) is 1.79. The summed E-state index contributed by atoms with van der Waals surface area (Å²) in [5.41, 5.74) is 0.279. The van der Waals surface area contributed by atoms with Crippen LogP contribution in [0.2, 0.25) is 0 Å². The molecule has 0 fully saturated rings. The van der Waals surface area contributed by atoms with E-state index in [4.69, 9.17) is 10.0 Å². The molecule has 2 aromatic rings. The fourth-order valence-corrected chi connectivity index (χ4v) is 1.07. The molecule has 0 radical (unpaired) electrons. The Morgan fingerprint density at radius 1 is 1.07 bits per heavy atom. The lowest BCUT2D eigenvalue weighted by Crippen LogP contribution is -2.30. The second-order valence-electron chi connectivity index (χ2n) is 2.78. The number of nitrogens with zero attached hydrogens (tertiary/aromatic N) is 3. The molecule has 2 heterocycles. The molecule has 70 valence electrons. The number of aromatic nitrogens is 3. The number of hydrogen-bond donors (Lipinski definition) is 2. The number of rotatable bonds is 2. The smallest absolute Gasteiger partial charge is 0.423 e.